The molecule has 1 fully saturated rings. The predicted octanol–water partition coefficient (Wildman–Crippen LogP) is 2.11. The van der Waals surface area contributed by atoms with Crippen molar-refractivity contribution < 1.29 is 4.74 Å². The molecule has 0 amide bonds. The van der Waals surface area contributed by atoms with E-state index in [1.165, 1.54) is 11.3 Å². The molecule has 0 N–H and O–H groups in total. The Bertz CT molecular complexity index is 330. The second-order valence-electron chi connectivity index (χ2n) is 4.29. The summed E-state index contributed by atoms with van der Waals surface area (Å²) in [6.45, 7) is 14.3. The number of nitrogens with zero attached hydrogens (tertiary/aromatic N) is 3. The van der Waals surface area contributed by atoms with Crippen molar-refractivity contribution >= 4 is 0 Å². The minimum absolute atomic E-state index is 0.873. The van der Waals surface area contributed by atoms with Crippen LogP contribution in [-0.4, -0.2) is 47.5 Å². The minimum atomic E-state index is 0.873. The van der Waals surface area contributed by atoms with Gasteiger partial charge in [-0.3, -0.25) is 9.58 Å². The normalized spacial score (nSPS) is 16.2. The number of aryl methyl sites for hydroxylation is 1. The van der Waals surface area contributed by atoms with E-state index in [0.717, 1.165) is 45.8 Å². The molecule has 1 aliphatic rings. The zero-order chi connectivity index (χ0) is 13.4. The first-order valence-corrected chi connectivity index (χ1v) is 7.12. The van der Waals surface area contributed by atoms with Crippen LogP contribution in [0.2, 0.25) is 0 Å². The van der Waals surface area contributed by atoms with Crippen molar-refractivity contribution in [2.75, 3.05) is 32.8 Å². The van der Waals surface area contributed by atoms with Crippen LogP contribution in [0.5, 0.6) is 0 Å². The predicted molar refractivity (Wildman–Crippen MR) is 74.9 cm³/mol. The molecular weight excluding hydrogens is 226 g/mol. The maximum atomic E-state index is 5.33. The summed E-state index contributed by atoms with van der Waals surface area (Å²) < 4.78 is 7.45. The summed E-state index contributed by atoms with van der Waals surface area (Å²) in [6, 6.07) is 0. The van der Waals surface area contributed by atoms with Gasteiger partial charge in [0.1, 0.15) is 0 Å². The molecule has 0 atom stereocenters. The van der Waals surface area contributed by atoms with Gasteiger partial charge < -0.3 is 4.74 Å². The van der Waals surface area contributed by atoms with E-state index in [-0.39, 0.29) is 0 Å². The summed E-state index contributed by atoms with van der Waals surface area (Å²) in [5, 5.41) is 4.43. The average Bonchev–Trinajstić information content (AvgIpc) is 2.80. The lowest BCUT2D eigenvalue weighted by atomic mass is 10.2. The fourth-order valence-corrected chi connectivity index (χ4v) is 2.12. The van der Waals surface area contributed by atoms with Crippen LogP contribution in [-0.2, 0) is 17.7 Å². The highest BCUT2D eigenvalue weighted by Gasteiger charge is 2.11. The van der Waals surface area contributed by atoms with Gasteiger partial charge in [-0.05, 0) is 18.9 Å². The Hall–Kier alpha value is -0.870. The van der Waals surface area contributed by atoms with Gasteiger partial charge in [-0.2, -0.15) is 5.10 Å². The van der Waals surface area contributed by atoms with Crippen molar-refractivity contribution in [1.82, 2.24) is 14.7 Å². The molecule has 0 unspecified atom stereocenters. The van der Waals surface area contributed by atoms with Gasteiger partial charge in [0, 0.05) is 25.3 Å². The van der Waals surface area contributed by atoms with E-state index in [9.17, 15) is 0 Å². The Kier molecular flexibility index (Phi) is 6.98. The Balaban J connectivity index is 0.000000771. The first-order chi connectivity index (χ1) is 8.81. The van der Waals surface area contributed by atoms with E-state index >= 15 is 0 Å². The first kappa shape index (κ1) is 15.2. The molecule has 0 saturated carbocycles. The van der Waals surface area contributed by atoms with Crippen molar-refractivity contribution in [1.29, 1.82) is 0 Å². The topological polar surface area (TPSA) is 30.3 Å². The molecule has 0 spiro atoms. The van der Waals surface area contributed by atoms with Gasteiger partial charge in [-0.15, -0.1) is 0 Å². The molecule has 1 saturated heterocycles. The zero-order valence-corrected chi connectivity index (χ0v) is 12.3. The molecular formula is C14H27N3O. The van der Waals surface area contributed by atoms with Crippen LogP contribution in [0.1, 0.15) is 32.0 Å². The lowest BCUT2D eigenvalue weighted by Crippen LogP contribution is -2.38. The second-order valence-corrected chi connectivity index (χ2v) is 4.29. The molecule has 104 valence electrons. The summed E-state index contributed by atoms with van der Waals surface area (Å²) in [7, 11) is 0. The fourth-order valence-electron chi connectivity index (χ4n) is 2.12. The van der Waals surface area contributed by atoms with Gasteiger partial charge in [0.25, 0.3) is 0 Å². The van der Waals surface area contributed by atoms with Crippen LogP contribution in [0.4, 0.5) is 0 Å². The zero-order valence-electron chi connectivity index (χ0n) is 12.3. The highest BCUT2D eigenvalue weighted by molar-refractivity contribution is 5.15. The Labute approximate surface area is 111 Å². The van der Waals surface area contributed by atoms with Gasteiger partial charge in [-0.1, -0.05) is 20.8 Å². The van der Waals surface area contributed by atoms with E-state index in [1.807, 2.05) is 20.0 Å². The molecule has 2 heterocycles. The van der Waals surface area contributed by atoms with Crippen LogP contribution in [0.15, 0.2) is 6.20 Å². The molecule has 0 bridgehead atoms. The van der Waals surface area contributed by atoms with Crippen molar-refractivity contribution in [3.05, 3.63) is 17.5 Å². The van der Waals surface area contributed by atoms with Gasteiger partial charge in [0.2, 0.25) is 0 Å². The summed E-state index contributed by atoms with van der Waals surface area (Å²) >= 11 is 0. The highest BCUT2D eigenvalue weighted by atomic mass is 16.5. The number of hydrogen-bond acceptors (Lipinski definition) is 3. The molecule has 2 rings (SSSR count). The lowest BCUT2D eigenvalue weighted by Gasteiger charge is -2.26. The summed E-state index contributed by atoms with van der Waals surface area (Å²) in [5.74, 6) is 0. The van der Waals surface area contributed by atoms with Crippen molar-refractivity contribution in [2.45, 2.75) is 40.7 Å². The maximum absolute atomic E-state index is 5.33. The number of ether oxygens (including phenoxy) is 1. The number of rotatable bonds is 4. The molecule has 18 heavy (non-hydrogen) atoms. The quantitative estimate of drug-likeness (QED) is 0.823. The molecule has 4 heteroatoms. The molecule has 4 nitrogen and oxygen atoms in total. The maximum Gasteiger partial charge on any atom is 0.0594 e. The number of morpholine rings is 1. The van der Waals surface area contributed by atoms with Crippen molar-refractivity contribution in [3.63, 3.8) is 0 Å². The van der Waals surface area contributed by atoms with Crippen LogP contribution < -0.4 is 0 Å². The van der Waals surface area contributed by atoms with E-state index in [2.05, 4.69) is 28.5 Å². The van der Waals surface area contributed by atoms with Gasteiger partial charge in [-0.25, -0.2) is 0 Å². The number of aromatic nitrogens is 2. The van der Waals surface area contributed by atoms with Gasteiger partial charge >= 0.3 is 0 Å². The molecule has 1 aliphatic heterocycles. The third-order valence-corrected chi connectivity index (χ3v) is 3.32. The Morgan fingerprint density at radius 2 is 1.89 bits per heavy atom. The molecule has 1 aromatic rings. The van der Waals surface area contributed by atoms with E-state index < -0.39 is 0 Å². The SMILES string of the molecule is CC.CCc1cnn(CCN2CCOCC2)c1C. The second kappa shape index (κ2) is 8.27. The Morgan fingerprint density at radius 3 is 2.44 bits per heavy atom. The van der Waals surface area contributed by atoms with Crippen LogP contribution in [0.25, 0.3) is 0 Å². The van der Waals surface area contributed by atoms with E-state index in [0.29, 0.717) is 0 Å². The summed E-state index contributed by atoms with van der Waals surface area (Å²) in [6.07, 6.45) is 3.07. The van der Waals surface area contributed by atoms with Crippen molar-refractivity contribution in [3.8, 4) is 0 Å². The number of hydrogen-bond donors (Lipinski definition) is 0. The van der Waals surface area contributed by atoms with E-state index in [1.54, 1.807) is 0 Å². The third-order valence-electron chi connectivity index (χ3n) is 3.32. The minimum Gasteiger partial charge on any atom is -0.379 e. The van der Waals surface area contributed by atoms with Crippen LogP contribution >= 0.6 is 0 Å². The van der Waals surface area contributed by atoms with Gasteiger partial charge in [0.05, 0.1) is 26.0 Å². The fraction of sp³-hybridized carbons (Fsp3) is 0.786. The van der Waals surface area contributed by atoms with Crippen LogP contribution in [0.3, 0.4) is 0 Å². The monoisotopic (exact) mass is 253 g/mol. The third kappa shape index (κ3) is 4.10. The lowest BCUT2D eigenvalue weighted by molar-refractivity contribution is 0.0359. The highest BCUT2D eigenvalue weighted by Crippen LogP contribution is 2.08. The Morgan fingerprint density at radius 1 is 1.22 bits per heavy atom. The smallest absolute Gasteiger partial charge is 0.0594 e. The molecule has 0 radical (unpaired) electrons. The first-order valence-electron chi connectivity index (χ1n) is 7.12. The summed E-state index contributed by atoms with van der Waals surface area (Å²) in [4.78, 5) is 2.44. The molecule has 0 aliphatic carbocycles. The summed E-state index contributed by atoms with van der Waals surface area (Å²) in [5.41, 5.74) is 2.68. The molecule has 1 aromatic heterocycles. The van der Waals surface area contributed by atoms with E-state index in [4.69, 9.17) is 4.74 Å². The largest absolute Gasteiger partial charge is 0.379 e. The van der Waals surface area contributed by atoms with Gasteiger partial charge in [0.15, 0.2) is 0 Å². The standard InChI is InChI=1S/C12H21N3O.C2H6/c1-3-12-10-13-15(11(12)2)5-4-14-6-8-16-9-7-14;1-2/h10H,3-9H2,1-2H3;1-2H3. The van der Waals surface area contributed by atoms with Crippen LogP contribution in [0, 0.1) is 6.92 Å². The molecule has 0 aromatic carbocycles. The average molecular weight is 253 g/mol. The van der Waals surface area contributed by atoms with Crippen molar-refractivity contribution in [2.24, 2.45) is 0 Å².